The second-order valence-corrected chi connectivity index (χ2v) is 8.12. The van der Waals surface area contributed by atoms with Crippen molar-refractivity contribution in [2.45, 2.75) is 13.8 Å². The number of anilines is 1. The van der Waals surface area contributed by atoms with Gasteiger partial charge >= 0.3 is 0 Å². The number of hydrogen-bond acceptors (Lipinski definition) is 6. The number of aryl methyl sites for hydroxylation is 2. The Morgan fingerprint density at radius 2 is 1.91 bits per heavy atom. The molecule has 1 aliphatic heterocycles. The van der Waals surface area contributed by atoms with E-state index < -0.39 is 17.1 Å². The third-order valence-corrected chi connectivity index (χ3v) is 5.72. The lowest BCUT2D eigenvalue weighted by atomic mass is 10.1. The Kier molecular flexibility index (Phi) is 7.37. The molecule has 1 fully saturated rings. The number of ether oxygens (including phenoxy) is 2. The molecule has 0 aromatic heterocycles. The minimum atomic E-state index is -0.513. The molecule has 0 unspecified atom stereocenters. The van der Waals surface area contributed by atoms with Gasteiger partial charge in [-0.05, 0) is 72.6 Å². The van der Waals surface area contributed by atoms with E-state index in [4.69, 9.17) is 9.47 Å². The zero-order valence-electron chi connectivity index (χ0n) is 18.1. The van der Waals surface area contributed by atoms with Crippen LogP contribution in [0.25, 0.3) is 6.08 Å². The van der Waals surface area contributed by atoms with E-state index >= 15 is 0 Å². The van der Waals surface area contributed by atoms with Crippen LogP contribution in [-0.4, -0.2) is 42.2 Å². The quantitative estimate of drug-likeness (QED) is 0.467. The maximum Gasteiger partial charge on any atom is 0.294 e. The Balaban J connectivity index is 1.71. The summed E-state index contributed by atoms with van der Waals surface area (Å²) in [6.45, 7) is 7.51. The standard InChI is InChI=1S/C24H24N2O5S/c1-5-10-31-19-9-7-17(12-20(19)30-4)13-21-23(28)26(24(29)32-21)14-22(27)25-18-8-6-15(2)16(3)11-18/h5-9,11-13H,1,10,14H2,2-4H3,(H,25,27)/b21-13-. The SMILES string of the molecule is C=CCOc1ccc(/C=C2\SC(=O)N(CC(=O)Nc3ccc(C)c(C)c3)C2=O)cc1OC. The van der Waals surface area contributed by atoms with Gasteiger partial charge in [-0.2, -0.15) is 0 Å². The first-order chi connectivity index (χ1) is 15.3. The van der Waals surface area contributed by atoms with Crippen molar-refractivity contribution in [3.05, 3.63) is 70.6 Å². The smallest absolute Gasteiger partial charge is 0.294 e. The molecule has 3 rings (SSSR count). The first-order valence-electron chi connectivity index (χ1n) is 9.86. The van der Waals surface area contributed by atoms with Crippen LogP contribution < -0.4 is 14.8 Å². The third kappa shape index (κ3) is 5.39. The van der Waals surface area contributed by atoms with Crippen LogP contribution in [0.4, 0.5) is 10.5 Å². The van der Waals surface area contributed by atoms with E-state index in [2.05, 4.69) is 11.9 Å². The van der Waals surface area contributed by atoms with E-state index in [1.807, 2.05) is 26.0 Å². The molecule has 8 heteroatoms. The van der Waals surface area contributed by atoms with Gasteiger partial charge < -0.3 is 14.8 Å². The molecule has 0 aliphatic carbocycles. The molecular weight excluding hydrogens is 428 g/mol. The van der Waals surface area contributed by atoms with E-state index in [9.17, 15) is 14.4 Å². The lowest BCUT2D eigenvalue weighted by Gasteiger charge is -2.13. The van der Waals surface area contributed by atoms with Crippen molar-refractivity contribution >= 4 is 40.6 Å². The summed E-state index contributed by atoms with van der Waals surface area (Å²) in [6, 6.07) is 10.7. The molecule has 2 aromatic carbocycles. The average molecular weight is 453 g/mol. The third-order valence-electron chi connectivity index (χ3n) is 4.81. The molecule has 1 N–H and O–H groups in total. The molecular formula is C24H24N2O5S. The number of rotatable bonds is 8. The molecule has 0 atom stereocenters. The monoisotopic (exact) mass is 452 g/mol. The first kappa shape index (κ1) is 23.1. The number of hydrogen-bond donors (Lipinski definition) is 1. The van der Waals surface area contributed by atoms with Gasteiger partial charge in [-0.15, -0.1) is 0 Å². The van der Waals surface area contributed by atoms with Gasteiger partial charge in [-0.25, -0.2) is 0 Å². The fraction of sp³-hybridized carbons (Fsp3) is 0.208. The summed E-state index contributed by atoms with van der Waals surface area (Å²) in [5.74, 6) is 0.0802. The number of nitrogens with one attached hydrogen (secondary N) is 1. The Morgan fingerprint density at radius 1 is 1.12 bits per heavy atom. The molecule has 1 aliphatic rings. The number of methoxy groups -OCH3 is 1. The van der Waals surface area contributed by atoms with E-state index in [-0.39, 0.29) is 11.4 Å². The molecule has 166 valence electrons. The van der Waals surface area contributed by atoms with Crippen molar-refractivity contribution < 1.29 is 23.9 Å². The van der Waals surface area contributed by atoms with Crippen molar-refractivity contribution in [2.75, 3.05) is 25.6 Å². The minimum Gasteiger partial charge on any atom is -0.493 e. The second kappa shape index (κ2) is 10.2. The van der Waals surface area contributed by atoms with Crippen molar-refractivity contribution in [3.8, 4) is 11.5 Å². The van der Waals surface area contributed by atoms with Gasteiger partial charge in [0.1, 0.15) is 13.2 Å². The number of thioether (sulfide) groups is 1. The zero-order chi connectivity index (χ0) is 23.3. The van der Waals surface area contributed by atoms with E-state index in [0.29, 0.717) is 29.4 Å². The van der Waals surface area contributed by atoms with Gasteiger partial charge in [0.05, 0.1) is 12.0 Å². The van der Waals surface area contributed by atoms with Crippen LogP contribution in [0.3, 0.4) is 0 Å². The Labute approximate surface area is 191 Å². The number of imide groups is 1. The number of nitrogens with zero attached hydrogens (tertiary/aromatic N) is 1. The van der Waals surface area contributed by atoms with Crippen molar-refractivity contribution in [1.29, 1.82) is 0 Å². The highest BCUT2D eigenvalue weighted by Gasteiger charge is 2.36. The summed E-state index contributed by atoms with van der Waals surface area (Å²) in [5.41, 5.74) is 3.42. The maximum atomic E-state index is 12.7. The number of carbonyl (C=O) groups excluding carboxylic acids is 3. The zero-order valence-corrected chi connectivity index (χ0v) is 19.0. The number of amides is 3. The summed E-state index contributed by atoms with van der Waals surface area (Å²) in [5, 5.41) is 2.24. The first-order valence-corrected chi connectivity index (χ1v) is 10.7. The molecule has 0 radical (unpaired) electrons. The van der Waals surface area contributed by atoms with Gasteiger partial charge in [-0.3, -0.25) is 19.3 Å². The Morgan fingerprint density at radius 3 is 2.59 bits per heavy atom. The van der Waals surface area contributed by atoms with Crippen LogP contribution in [0.15, 0.2) is 54.0 Å². The molecule has 7 nitrogen and oxygen atoms in total. The molecule has 1 heterocycles. The van der Waals surface area contributed by atoms with E-state index in [1.54, 1.807) is 36.4 Å². The fourth-order valence-corrected chi connectivity index (χ4v) is 3.83. The molecule has 0 saturated carbocycles. The number of benzene rings is 2. The molecule has 32 heavy (non-hydrogen) atoms. The van der Waals surface area contributed by atoms with E-state index in [0.717, 1.165) is 27.8 Å². The predicted molar refractivity (Wildman–Crippen MR) is 126 cm³/mol. The summed E-state index contributed by atoms with van der Waals surface area (Å²) in [6.07, 6.45) is 3.21. The highest BCUT2D eigenvalue weighted by molar-refractivity contribution is 8.18. The predicted octanol–water partition coefficient (Wildman–Crippen LogP) is 4.55. The van der Waals surface area contributed by atoms with Gasteiger partial charge in [0, 0.05) is 5.69 Å². The maximum absolute atomic E-state index is 12.7. The molecule has 0 spiro atoms. The lowest BCUT2D eigenvalue weighted by Crippen LogP contribution is -2.36. The fourth-order valence-electron chi connectivity index (χ4n) is 2.99. The molecule has 1 saturated heterocycles. The van der Waals surface area contributed by atoms with Crippen LogP contribution >= 0.6 is 11.8 Å². The van der Waals surface area contributed by atoms with Gasteiger partial charge in [0.25, 0.3) is 11.1 Å². The molecule has 0 bridgehead atoms. The normalized spacial score (nSPS) is 14.6. The van der Waals surface area contributed by atoms with Crippen LogP contribution in [-0.2, 0) is 9.59 Å². The van der Waals surface area contributed by atoms with Gasteiger partial charge in [0.2, 0.25) is 5.91 Å². The largest absolute Gasteiger partial charge is 0.493 e. The summed E-state index contributed by atoms with van der Waals surface area (Å²) in [4.78, 5) is 38.7. The number of carbonyl (C=O) groups is 3. The minimum absolute atomic E-state index is 0.232. The second-order valence-electron chi connectivity index (χ2n) is 7.13. The average Bonchev–Trinajstić information content (AvgIpc) is 3.02. The van der Waals surface area contributed by atoms with Gasteiger partial charge in [-0.1, -0.05) is 24.8 Å². The highest BCUT2D eigenvalue weighted by atomic mass is 32.2. The van der Waals surface area contributed by atoms with Crippen LogP contribution in [0.5, 0.6) is 11.5 Å². The topological polar surface area (TPSA) is 84.9 Å². The van der Waals surface area contributed by atoms with Crippen LogP contribution in [0.2, 0.25) is 0 Å². The van der Waals surface area contributed by atoms with E-state index in [1.165, 1.54) is 7.11 Å². The van der Waals surface area contributed by atoms with Crippen molar-refractivity contribution in [1.82, 2.24) is 4.90 Å². The molecule has 3 amide bonds. The van der Waals surface area contributed by atoms with Crippen molar-refractivity contribution in [2.24, 2.45) is 0 Å². The van der Waals surface area contributed by atoms with Gasteiger partial charge in [0.15, 0.2) is 11.5 Å². The summed E-state index contributed by atoms with van der Waals surface area (Å²) in [7, 11) is 1.52. The summed E-state index contributed by atoms with van der Waals surface area (Å²) >= 11 is 0.794. The van der Waals surface area contributed by atoms with Crippen LogP contribution in [0.1, 0.15) is 16.7 Å². The van der Waals surface area contributed by atoms with Crippen LogP contribution in [0, 0.1) is 13.8 Å². The lowest BCUT2D eigenvalue weighted by molar-refractivity contribution is -0.127. The van der Waals surface area contributed by atoms with Crippen molar-refractivity contribution in [3.63, 3.8) is 0 Å². The summed E-state index contributed by atoms with van der Waals surface area (Å²) < 4.78 is 10.9. The molecule has 2 aromatic rings. The highest BCUT2D eigenvalue weighted by Crippen LogP contribution is 2.34. The Hall–Kier alpha value is -3.52. The Bertz CT molecular complexity index is 1110.